The van der Waals surface area contributed by atoms with Crippen LogP contribution >= 0.6 is 20.7 Å². The summed E-state index contributed by atoms with van der Waals surface area (Å²) in [6.45, 7) is 9.26. The second kappa shape index (κ2) is 5.65. The Balaban J connectivity index is 1.88. The fourth-order valence-corrected chi connectivity index (χ4v) is 3.93. The lowest BCUT2D eigenvalue weighted by Crippen LogP contribution is -2.45. The minimum absolute atomic E-state index is 0.0397. The van der Waals surface area contributed by atoms with Crippen molar-refractivity contribution in [1.29, 1.82) is 0 Å². The lowest BCUT2D eigenvalue weighted by Gasteiger charge is -2.40. The average molecular weight is 348 g/mol. The maximum absolute atomic E-state index is 5.92. The first-order chi connectivity index (χ1) is 8.15. The highest BCUT2D eigenvalue weighted by molar-refractivity contribution is 14.2. The number of halogens is 1. The van der Waals surface area contributed by atoms with E-state index in [1.807, 2.05) is 0 Å². The Bertz CT molecular complexity index is 357. The molecule has 2 aliphatic heterocycles. The normalized spacial score (nSPS) is 22.4. The lowest BCUT2D eigenvalue weighted by atomic mass is 9.84. The molecule has 1 saturated heterocycles. The van der Waals surface area contributed by atoms with E-state index in [9.17, 15) is 0 Å². The predicted molar refractivity (Wildman–Crippen MR) is 80.6 cm³/mol. The molecule has 2 heterocycles. The summed E-state index contributed by atoms with van der Waals surface area (Å²) in [4.78, 5) is 0. The first kappa shape index (κ1) is 13.3. The van der Waals surface area contributed by atoms with Crippen molar-refractivity contribution in [3.63, 3.8) is 0 Å². The van der Waals surface area contributed by atoms with Gasteiger partial charge >= 0.3 is 0 Å². The first-order valence-corrected chi connectivity index (χ1v) is 8.57. The lowest BCUT2D eigenvalue weighted by molar-refractivity contribution is -0.141. The van der Waals surface area contributed by atoms with Gasteiger partial charge in [-0.1, -0.05) is 41.5 Å². The van der Waals surface area contributed by atoms with Crippen molar-refractivity contribution < 1.29 is 9.47 Å². The highest BCUT2D eigenvalue weighted by Crippen LogP contribution is 2.32. The molecule has 0 saturated carbocycles. The van der Waals surface area contributed by atoms with Gasteiger partial charge in [-0.3, -0.25) is 0 Å². The molecule has 3 heteroatoms. The molecule has 17 heavy (non-hydrogen) atoms. The summed E-state index contributed by atoms with van der Waals surface area (Å²) in [6.07, 6.45) is 5.52. The van der Waals surface area contributed by atoms with Crippen LogP contribution in [0.5, 0.6) is 0 Å². The summed E-state index contributed by atoms with van der Waals surface area (Å²) in [5.74, 6) is 1.75. The zero-order valence-electron chi connectivity index (χ0n) is 10.8. The Morgan fingerprint density at radius 1 is 1.41 bits per heavy atom. The van der Waals surface area contributed by atoms with E-state index < -0.39 is 0 Å². The molecule has 2 rings (SSSR count). The Morgan fingerprint density at radius 2 is 2.18 bits per heavy atom. The summed E-state index contributed by atoms with van der Waals surface area (Å²) in [5.41, 5.74) is 0.287. The maximum Gasteiger partial charge on any atom is 0.125 e. The van der Waals surface area contributed by atoms with Crippen LogP contribution in [0.3, 0.4) is 0 Å². The van der Waals surface area contributed by atoms with E-state index in [1.54, 1.807) is 3.51 Å². The molecule has 0 spiro atoms. The summed E-state index contributed by atoms with van der Waals surface area (Å²) >= 11 is 0.0397. The van der Waals surface area contributed by atoms with Gasteiger partial charge in [-0.05, 0) is 28.0 Å². The van der Waals surface area contributed by atoms with Crippen LogP contribution in [0.1, 0.15) is 27.2 Å². The highest BCUT2D eigenvalue weighted by Gasteiger charge is 2.37. The third-order valence-corrected chi connectivity index (χ3v) is 6.61. The van der Waals surface area contributed by atoms with Gasteiger partial charge < -0.3 is 9.47 Å². The third-order valence-electron chi connectivity index (χ3n) is 3.36. The topological polar surface area (TPSA) is 18.5 Å². The standard InChI is InChI=1S/C14H21IO2/c1-4-14(8-16-9-14)10-17-12-5-6-13(11(2)3)15-7-12/h5-7,11H,4,8-10H2,1-3H3. The molecule has 96 valence electrons. The van der Waals surface area contributed by atoms with E-state index in [2.05, 4.69) is 37.0 Å². The quantitative estimate of drug-likeness (QED) is 0.707. The molecule has 0 aliphatic carbocycles. The zero-order valence-corrected chi connectivity index (χ0v) is 13.0. The molecule has 0 N–H and O–H groups in total. The van der Waals surface area contributed by atoms with Gasteiger partial charge in [0.15, 0.2) is 0 Å². The number of rotatable bonds is 5. The molecule has 0 bridgehead atoms. The Hall–Kier alpha value is -0.160. The largest absolute Gasteiger partial charge is 0.492 e. The van der Waals surface area contributed by atoms with E-state index in [0.717, 1.165) is 32.0 Å². The van der Waals surface area contributed by atoms with Crippen LogP contribution in [0, 0.1) is 11.3 Å². The maximum atomic E-state index is 5.92. The zero-order chi connectivity index (χ0) is 12.3. The van der Waals surface area contributed by atoms with E-state index >= 15 is 0 Å². The summed E-state index contributed by atoms with van der Waals surface area (Å²) in [6, 6.07) is 0. The van der Waals surface area contributed by atoms with Crippen molar-refractivity contribution >= 4 is 24.2 Å². The average Bonchev–Trinajstić information content (AvgIpc) is 2.29. The van der Waals surface area contributed by atoms with Crippen molar-refractivity contribution in [3.8, 4) is 0 Å². The molecule has 0 aromatic carbocycles. The van der Waals surface area contributed by atoms with E-state index in [1.165, 1.54) is 0 Å². The molecule has 0 amide bonds. The van der Waals surface area contributed by atoms with Crippen LogP contribution in [0.15, 0.2) is 22.0 Å². The minimum atomic E-state index is 0.0397. The van der Waals surface area contributed by atoms with E-state index in [-0.39, 0.29) is 26.1 Å². The Kier molecular flexibility index (Phi) is 4.42. The predicted octanol–water partition coefficient (Wildman–Crippen LogP) is 3.64. The second-order valence-electron chi connectivity index (χ2n) is 5.13. The van der Waals surface area contributed by atoms with Gasteiger partial charge in [-0.15, -0.1) is 0 Å². The Labute approximate surface area is 114 Å². The molecule has 2 nitrogen and oxygen atoms in total. The van der Waals surface area contributed by atoms with Gasteiger partial charge in [0.05, 0.1) is 25.2 Å². The van der Waals surface area contributed by atoms with Gasteiger partial charge in [0.2, 0.25) is 0 Å². The fraction of sp³-hybridized carbons (Fsp3) is 0.643. The van der Waals surface area contributed by atoms with Gasteiger partial charge in [-0.2, -0.15) is 0 Å². The molecule has 0 unspecified atom stereocenters. The first-order valence-electron chi connectivity index (χ1n) is 6.24. The van der Waals surface area contributed by atoms with Crippen LogP contribution in [0.4, 0.5) is 0 Å². The number of hydrogen-bond acceptors (Lipinski definition) is 2. The Morgan fingerprint density at radius 3 is 2.59 bits per heavy atom. The van der Waals surface area contributed by atoms with Gasteiger partial charge in [-0.25, -0.2) is 0 Å². The van der Waals surface area contributed by atoms with Crippen molar-refractivity contribution in [2.24, 2.45) is 11.3 Å². The minimum Gasteiger partial charge on any atom is -0.492 e. The van der Waals surface area contributed by atoms with Crippen molar-refractivity contribution in [2.75, 3.05) is 19.8 Å². The smallest absolute Gasteiger partial charge is 0.125 e. The van der Waals surface area contributed by atoms with Gasteiger partial charge in [0.1, 0.15) is 5.76 Å². The van der Waals surface area contributed by atoms with Crippen molar-refractivity contribution in [2.45, 2.75) is 27.2 Å². The van der Waals surface area contributed by atoms with E-state index in [4.69, 9.17) is 9.47 Å². The van der Waals surface area contributed by atoms with Crippen LogP contribution in [-0.4, -0.2) is 23.3 Å². The number of allylic oxidation sites excluding steroid dienone is 2. The summed E-state index contributed by atoms with van der Waals surface area (Å²) in [7, 11) is 0. The van der Waals surface area contributed by atoms with E-state index in [0.29, 0.717) is 5.92 Å². The van der Waals surface area contributed by atoms with Gasteiger partial charge in [0.25, 0.3) is 0 Å². The SMILES string of the molecule is CCC1(COC2=CI=C(C(C)C)C=C2)COC1. The molecule has 2 aliphatic rings. The van der Waals surface area contributed by atoms with Crippen LogP contribution in [0.2, 0.25) is 0 Å². The number of hydrogen-bond donors (Lipinski definition) is 0. The third kappa shape index (κ3) is 3.19. The fourth-order valence-electron chi connectivity index (χ4n) is 1.77. The molecule has 0 aromatic rings. The summed E-state index contributed by atoms with van der Waals surface area (Å²) < 4.78 is 15.1. The molecule has 1 fully saturated rings. The second-order valence-corrected chi connectivity index (χ2v) is 7.62. The molecular weight excluding hydrogens is 327 g/mol. The van der Waals surface area contributed by atoms with Crippen LogP contribution in [0.25, 0.3) is 0 Å². The van der Waals surface area contributed by atoms with Crippen LogP contribution < -0.4 is 0 Å². The molecule has 0 aromatic heterocycles. The molecule has 0 radical (unpaired) electrons. The number of ether oxygens (including phenoxy) is 2. The monoisotopic (exact) mass is 348 g/mol. The van der Waals surface area contributed by atoms with Crippen molar-refractivity contribution in [1.82, 2.24) is 0 Å². The van der Waals surface area contributed by atoms with Crippen LogP contribution in [-0.2, 0) is 9.47 Å². The highest BCUT2D eigenvalue weighted by atomic mass is 127. The summed E-state index contributed by atoms with van der Waals surface area (Å²) in [5, 5.41) is 0. The van der Waals surface area contributed by atoms with Gasteiger partial charge in [0, 0.05) is 4.08 Å². The molecular formula is C14H21IO2. The molecule has 0 atom stereocenters. The van der Waals surface area contributed by atoms with Crippen molar-refractivity contribution in [3.05, 3.63) is 22.0 Å².